The molecule has 0 bridgehead atoms. The fraction of sp³-hybridized carbons (Fsp3) is 0.375. The van der Waals surface area contributed by atoms with Crippen LogP contribution in [0.2, 0.25) is 0 Å². The molecular formula is C16H20N4O4. The van der Waals surface area contributed by atoms with E-state index in [0.29, 0.717) is 22.9 Å². The number of nitrogens with zero attached hydrogens (tertiary/aromatic N) is 4. The van der Waals surface area contributed by atoms with Crippen LogP contribution in [0.4, 0.5) is 0 Å². The Morgan fingerprint density at radius 1 is 1.17 bits per heavy atom. The SMILES string of the molecule is Cc1nnc(CN(C)[C@@H](C(=O)O)c2ccc(C(=O)N(C)C)cc2)o1. The number of carboxylic acid groups (broad SMARTS) is 1. The van der Waals surface area contributed by atoms with Gasteiger partial charge in [0.15, 0.2) is 0 Å². The molecule has 0 radical (unpaired) electrons. The molecule has 0 unspecified atom stereocenters. The third-order valence-corrected chi connectivity index (χ3v) is 3.51. The molecule has 8 nitrogen and oxygen atoms in total. The van der Waals surface area contributed by atoms with E-state index in [4.69, 9.17) is 4.42 Å². The fourth-order valence-electron chi connectivity index (χ4n) is 2.36. The number of carbonyl (C=O) groups is 2. The highest BCUT2D eigenvalue weighted by Crippen LogP contribution is 2.22. The van der Waals surface area contributed by atoms with Crippen LogP contribution in [0, 0.1) is 6.92 Å². The van der Waals surface area contributed by atoms with Crippen molar-refractivity contribution < 1.29 is 19.1 Å². The summed E-state index contributed by atoms with van der Waals surface area (Å²) in [5.41, 5.74) is 1.07. The zero-order valence-electron chi connectivity index (χ0n) is 14.1. The first-order valence-electron chi connectivity index (χ1n) is 7.33. The molecule has 0 spiro atoms. The number of amides is 1. The van der Waals surface area contributed by atoms with E-state index in [-0.39, 0.29) is 12.5 Å². The molecule has 0 saturated heterocycles. The number of hydrogen-bond acceptors (Lipinski definition) is 6. The Morgan fingerprint density at radius 2 is 1.79 bits per heavy atom. The van der Waals surface area contributed by atoms with Crippen LogP contribution >= 0.6 is 0 Å². The molecule has 1 N–H and O–H groups in total. The van der Waals surface area contributed by atoms with Gasteiger partial charge < -0.3 is 14.4 Å². The van der Waals surface area contributed by atoms with Gasteiger partial charge in [-0.2, -0.15) is 0 Å². The van der Waals surface area contributed by atoms with Crippen molar-refractivity contribution in [3.63, 3.8) is 0 Å². The molecule has 8 heteroatoms. The molecule has 2 aromatic rings. The Kier molecular flexibility index (Phi) is 5.30. The van der Waals surface area contributed by atoms with Gasteiger partial charge in [-0.15, -0.1) is 10.2 Å². The van der Waals surface area contributed by atoms with E-state index in [1.165, 1.54) is 4.90 Å². The van der Waals surface area contributed by atoms with E-state index in [9.17, 15) is 14.7 Å². The average Bonchev–Trinajstić information content (AvgIpc) is 2.92. The quantitative estimate of drug-likeness (QED) is 0.852. The molecule has 24 heavy (non-hydrogen) atoms. The van der Waals surface area contributed by atoms with Crippen molar-refractivity contribution in [3.05, 3.63) is 47.2 Å². The normalized spacial score (nSPS) is 12.2. The first-order chi connectivity index (χ1) is 11.3. The van der Waals surface area contributed by atoms with Crippen molar-refractivity contribution in [2.45, 2.75) is 19.5 Å². The van der Waals surface area contributed by atoms with Crippen molar-refractivity contribution in [1.29, 1.82) is 0 Å². The predicted molar refractivity (Wildman–Crippen MR) is 85.3 cm³/mol. The Balaban J connectivity index is 2.20. The van der Waals surface area contributed by atoms with Crippen molar-refractivity contribution in [2.75, 3.05) is 21.1 Å². The maximum atomic E-state index is 11.9. The van der Waals surface area contributed by atoms with Crippen LogP contribution in [-0.4, -0.2) is 58.1 Å². The van der Waals surface area contributed by atoms with E-state index < -0.39 is 12.0 Å². The molecule has 1 amide bonds. The fourth-order valence-corrected chi connectivity index (χ4v) is 2.36. The maximum absolute atomic E-state index is 11.9. The zero-order valence-corrected chi connectivity index (χ0v) is 14.1. The van der Waals surface area contributed by atoms with Gasteiger partial charge in [-0.05, 0) is 24.7 Å². The van der Waals surface area contributed by atoms with Crippen LogP contribution in [0.25, 0.3) is 0 Å². The minimum Gasteiger partial charge on any atom is -0.480 e. The third kappa shape index (κ3) is 3.96. The number of carboxylic acids is 1. The number of aliphatic carboxylic acids is 1. The molecule has 128 valence electrons. The number of hydrogen-bond donors (Lipinski definition) is 1. The van der Waals surface area contributed by atoms with Gasteiger partial charge in [0.2, 0.25) is 11.8 Å². The van der Waals surface area contributed by atoms with Gasteiger partial charge in [-0.3, -0.25) is 14.5 Å². The molecule has 1 atom stereocenters. The van der Waals surface area contributed by atoms with Gasteiger partial charge in [0.05, 0.1) is 6.54 Å². The van der Waals surface area contributed by atoms with E-state index in [1.54, 1.807) is 57.2 Å². The molecule has 0 saturated carbocycles. The smallest absolute Gasteiger partial charge is 0.325 e. The average molecular weight is 332 g/mol. The maximum Gasteiger partial charge on any atom is 0.325 e. The highest BCUT2D eigenvalue weighted by molar-refractivity contribution is 5.94. The highest BCUT2D eigenvalue weighted by atomic mass is 16.4. The van der Waals surface area contributed by atoms with E-state index in [2.05, 4.69) is 10.2 Å². The molecule has 1 heterocycles. The van der Waals surface area contributed by atoms with Crippen molar-refractivity contribution >= 4 is 11.9 Å². The summed E-state index contributed by atoms with van der Waals surface area (Å²) in [4.78, 5) is 26.7. The van der Waals surface area contributed by atoms with Crippen molar-refractivity contribution in [3.8, 4) is 0 Å². The zero-order chi connectivity index (χ0) is 17.9. The second kappa shape index (κ2) is 7.22. The monoisotopic (exact) mass is 332 g/mol. The van der Waals surface area contributed by atoms with Crippen LogP contribution in [0.15, 0.2) is 28.7 Å². The Hall–Kier alpha value is -2.74. The number of aromatic nitrogens is 2. The standard InChI is InChI=1S/C16H20N4O4/c1-10-17-18-13(24-10)9-20(4)14(16(22)23)11-5-7-12(8-6-11)15(21)19(2)3/h5-8,14H,9H2,1-4H3,(H,22,23)/t14-/m1/s1. The van der Waals surface area contributed by atoms with Gasteiger partial charge in [0, 0.05) is 26.6 Å². The Bertz CT molecular complexity index is 724. The van der Waals surface area contributed by atoms with E-state index >= 15 is 0 Å². The minimum absolute atomic E-state index is 0.136. The van der Waals surface area contributed by atoms with Crippen LogP contribution in [0.5, 0.6) is 0 Å². The number of aryl methyl sites for hydroxylation is 1. The number of benzene rings is 1. The summed E-state index contributed by atoms with van der Waals surface area (Å²) >= 11 is 0. The Morgan fingerprint density at radius 3 is 2.25 bits per heavy atom. The number of rotatable bonds is 6. The molecule has 0 aliphatic heterocycles. The minimum atomic E-state index is -1.000. The molecular weight excluding hydrogens is 312 g/mol. The number of likely N-dealkylation sites (N-methyl/N-ethyl adjacent to an activating group) is 1. The molecule has 1 aromatic heterocycles. The summed E-state index contributed by atoms with van der Waals surface area (Å²) in [5, 5.41) is 17.2. The molecule has 0 aliphatic carbocycles. The van der Waals surface area contributed by atoms with Crippen LogP contribution in [0.3, 0.4) is 0 Å². The lowest BCUT2D eigenvalue weighted by Gasteiger charge is -2.23. The van der Waals surface area contributed by atoms with Gasteiger partial charge in [0.1, 0.15) is 6.04 Å². The summed E-state index contributed by atoms with van der Waals surface area (Å²) in [7, 11) is 4.99. The lowest BCUT2D eigenvalue weighted by molar-refractivity contribution is -0.143. The summed E-state index contributed by atoms with van der Waals surface area (Å²) < 4.78 is 5.29. The van der Waals surface area contributed by atoms with Crippen LogP contribution in [0.1, 0.15) is 33.7 Å². The van der Waals surface area contributed by atoms with Crippen molar-refractivity contribution in [2.24, 2.45) is 0 Å². The summed E-state index contributed by atoms with van der Waals surface area (Å²) in [6.07, 6.45) is 0. The second-order valence-electron chi connectivity index (χ2n) is 5.69. The van der Waals surface area contributed by atoms with Gasteiger partial charge in [-0.25, -0.2) is 0 Å². The summed E-state index contributed by atoms with van der Waals surface area (Å²) in [6, 6.07) is 5.65. The second-order valence-corrected chi connectivity index (χ2v) is 5.69. The lowest BCUT2D eigenvalue weighted by Crippen LogP contribution is -2.30. The van der Waals surface area contributed by atoms with Gasteiger partial charge in [-0.1, -0.05) is 12.1 Å². The summed E-state index contributed by atoms with van der Waals surface area (Å²) in [5.74, 6) is -0.360. The van der Waals surface area contributed by atoms with Crippen molar-refractivity contribution in [1.82, 2.24) is 20.0 Å². The topological polar surface area (TPSA) is 99.8 Å². The van der Waals surface area contributed by atoms with Gasteiger partial charge in [0.25, 0.3) is 5.91 Å². The molecule has 0 aliphatic rings. The van der Waals surface area contributed by atoms with E-state index in [1.807, 2.05) is 0 Å². The third-order valence-electron chi connectivity index (χ3n) is 3.51. The molecule has 0 fully saturated rings. The molecule has 1 aromatic carbocycles. The summed E-state index contributed by atoms with van der Waals surface area (Å²) in [6.45, 7) is 1.88. The first kappa shape index (κ1) is 17.6. The largest absolute Gasteiger partial charge is 0.480 e. The lowest BCUT2D eigenvalue weighted by atomic mass is 10.0. The van der Waals surface area contributed by atoms with E-state index in [0.717, 1.165) is 0 Å². The number of carbonyl (C=O) groups excluding carboxylic acids is 1. The Labute approximate surface area is 139 Å². The van der Waals surface area contributed by atoms with Crippen LogP contribution < -0.4 is 0 Å². The highest BCUT2D eigenvalue weighted by Gasteiger charge is 2.26. The van der Waals surface area contributed by atoms with Gasteiger partial charge >= 0.3 is 5.97 Å². The first-order valence-corrected chi connectivity index (χ1v) is 7.33. The molecule has 2 rings (SSSR count). The predicted octanol–water partition coefficient (Wildman–Crippen LogP) is 1.34. The van der Waals surface area contributed by atoms with Crippen LogP contribution in [-0.2, 0) is 11.3 Å².